The van der Waals surface area contributed by atoms with E-state index in [1.165, 1.54) is 23.1 Å². The molecule has 3 rings (SSSR count). The monoisotopic (exact) mass is 414 g/mol. The highest BCUT2D eigenvalue weighted by molar-refractivity contribution is 6.33. The molecule has 0 fully saturated rings. The van der Waals surface area contributed by atoms with E-state index >= 15 is 0 Å². The maximum atomic E-state index is 12.7. The molecule has 1 amide bonds. The molecule has 0 aliphatic rings. The molecule has 8 heteroatoms. The maximum Gasteiger partial charge on any atom is 0.287 e. The number of likely N-dealkylation sites (N-methyl/N-ethyl adjacent to an activating group) is 1. The number of quaternary nitrogens is 1. The van der Waals surface area contributed by atoms with Gasteiger partial charge in [0.25, 0.3) is 11.6 Å². The Kier molecular flexibility index (Phi) is 6.31. The van der Waals surface area contributed by atoms with Gasteiger partial charge < -0.3 is 14.6 Å². The van der Waals surface area contributed by atoms with Gasteiger partial charge in [0.2, 0.25) is 0 Å². The molecule has 0 radical (unpaired) electrons. The number of nitro benzene ring substituents is 1. The third kappa shape index (κ3) is 5.01. The number of hydrogen-bond donors (Lipinski definition) is 2. The van der Waals surface area contributed by atoms with Crippen LogP contribution in [0.5, 0.6) is 0 Å². The Morgan fingerprint density at radius 2 is 1.90 bits per heavy atom. The number of nitrogens with zero attached hydrogens (tertiary/aromatic N) is 1. The molecule has 0 saturated heterocycles. The molecule has 1 heterocycles. The van der Waals surface area contributed by atoms with Crippen LogP contribution >= 0.6 is 11.6 Å². The first-order chi connectivity index (χ1) is 13.8. The summed E-state index contributed by atoms with van der Waals surface area (Å²) in [6, 6.07) is 16.8. The van der Waals surface area contributed by atoms with Crippen molar-refractivity contribution in [2.75, 3.05) is 20.6 Å². The van der Waals surface area contributed by atoms with Crippen LogP contribution in [0.2, 0.25) is 5.02 Å². The van der Waals surface area contributed by atoms with Gasteiger partial charge in [-0.1, -0.05) is 41.9 Å². The number of carbonyl (C=O) groups is 1. The van der Waals surface area contributed by atoms with Crippen molar-refractivity contribution in [2.45, 2.75) is 6.04 Å². The third-order valence-corrected chi connectivity index (χ3v) is 4.69. The topological polar surface area (TPSA) is 89.8 Å². The zero-order valence-corrected chi connectivity index (χ0v) is 16.8. The lowest BCUT2D eigenvalue weighted by molar-refractivity contribution is -0.860. The molecule has 2 N–H and O–H groups in total. The van der Waals surface area contributed by atoms with Crippen LogP contribution in [0, 0.1) is 10.1 Å². The fourth-order valence-electron chi connectivity index (χ4n) is 3.00. The number of nitro groups is 1. The summed E-state index contributed by atoms with van der Waals surface area (Å²) >= 11 is 6.15. The van der Waals surface area contributed by atoms with Gasteiger partial charge >= 0.3 is 0 Å². The molecule has 1 atom stereocenters. The number of carbonyl (C=O) groups excluding carboxylic acids is 1. The highest BCUT2D eigenvalue weighted by Crippen LogP contribution is 2.32. The fraction of sp³-hybridized carbons (Fsp3) is 0.190. The van der Waals surface area contributed by atoms with Crippen LogP contribution in [0.4, 0.5) is 5.69 Å². The quantitative estimate of drug-likeness (QED) is 0.459. The Morgan fingerprint density at radius 3 is 2.52 bits per heavy atom. The summed E-state index contributed by atoms with van der Waals surface area (Å²) in [6.07, 6.45) is 0. The van der Waals surface area contributed by atoms with Crippen LogP contribution in [-0.4, -0.2) is 31.5 Å². The number of furan rings is 1. The van der Waals surface area contributed by atoms with Gasteiger partial charge in [0, 0.05) is 17.7 Å². The van der Waals surface area contributed by atoms with Crippen LogP contribution in [0.25, 0.3) is 11.3 Å². The van der Waals surface area contributed by atoms with E-state index < -0.39 is 4.92 Å². The van der Waals surface area contributed by atoms with Gasteiger partial charge in [-0.05, 0) is 23.8 Å². The Morgan fingerprint density at radius 1 is 1.17 bits per heavy atom. The molecule has 0 aliphatic carbocycles. The van der Waals surface area contributed by atoms with E-state index in [9.17, 15) is 14.9 Å². The summed E-state index contributed by atoms with van der Waals surface area (Å²) < 4.78 is 5.68. The average molecular weight is 415 g/mol. The molecule has 0 unspecified atom stereocenters. The van der Waals surface area contributed by atoms with Crippen molar-refractivity contribution >= 4 is 23.2 Å². The second-order valence-corrected chi connectivity index (χ2v) is 7.34. The fourth-order valence-corrected chi connectivity index (χ4v) is 3.27. The van der Waals surface area contributed by atoms with Crippen LogP contribution in [0.1, 0.15) is 22.2 Å². The van der Waals surface area contributed by atoms with Crippen LogP contribution in [-0.2, 0) is 0 Å². The smallest absolute Gasteiger partial charge is 0.287 e. The molecule has 3 aromatic rings. The average Bonchev–Trinajstić information content (AvgIpc) is 3.17. The SMILES string of the molecule is C[NH+](C)C[C@@H](NC(=O)c1ccc(-c2ccc([N+](=O)[O-])cc2Cl)o1)c1ccccc1. The van der Waals surface area contributed by atoms with Crippen molar-refractivity contribution in [2.24, 2.45) is 0 Å². The molecule has 0 aliphatic heterocycles. The number of benzene rings is 2. The zero-order valence-electron chi connectivity index (χ0n) is 16.0. The van der Waals surface area contributed by atoms with Gasteiger partial charge in [-0.25, -0.2) is 0 Å². The normalized spacial score (nSPS) is 12.0. The Balaban J connectivity index is 1.80. The number of halogens is 1. The molecular formula is C21H21ClN3O4+. The maximum absolute atomic E-state index is 12.7. The van der Waals surface area contributed by atoms with Crippen molar-refractivity contribution in [3.63, 3.8) is 0 Å². The summed E-state index contributed by atoms with van der Waals surface area (Å²) in [5.41, 5.74) is 1.38. The molecule has 0 spiro atoms. The van der Waals surface area contributed by atoms with E-state index in [1.807, 2.05) is 44.4 Å². The molecule has 0 saturated carbocycles. The molecule has 29 heavy (non-hydrogen) atoms. The van der Waals surface area contributed by atoms with E-state index in [2.05, 4.69) is 5.32 Å². The van der Waals surface area contributed by atoms with Crippen molar-refractivity contribution in [1.29, 1.82) is 0 Å². The van der Waals surface area contributed by atoms with Gasteiger partial charge in [0.05, 0.1) is 24.0 Å². The van der Waals surface area contributed by atoms with Crippen molar-refractivity contribution in [3.8, 4) is 11.3 Å². The van der Waals surface area contributed by atoms with E-state index in [1.54, 1.807) is 12.1 Å². The van der Waals surface area contributed by atoms with Gasteiger partial charge in [-0.2, -0.15) is 0 Å². The Labute approximate surface area is 173 Å². The minimum Gasteiger partial charge on any atom is -0.451 e. The molecule has 1 aromatic heterocycles. The Hall–Kier alpha value is -3.16. The van der Waals surface area contributed by atoms with Crippen molar-refractivity contribution in [3.05, 3.63) is 87.1 Å². The third-order valence-electron chi connectivity index (χ3n) is 4.38. The predicted molar refractivity (Wildman–Crippen MR) is 110 cm³/mol. The first-order valence-electron chi connectivity index (χ1n) is 9.04. The van der Waals surface area contributed by atoms with Crippen molar-refractivity contribution in [1.82, 2.24) is 5.32 Å². The lowest BCUT2D eigenvalue weighted by Gasteiger charge is -2.20. The molecule has 150 valence electrons. The molecule has 0 bridgehead atoms. The van der Waals surface area contributed by atoms with Crippen LogP contribution in [0.15, 0.2) is 65.1 Å². The lowest BCUT2D eigenvalue weighted by Crippen LogP contribution is -3.06. The van der Waals surface area contributed by atoms with Gasteiger partial charge in [-0.3, -0.25) is 14.9 Å². The Bertz CT molecular complexity index is 1020. The summed E-state index contributed by atoms with van der Waals surface area (Å²) in [7, 11) is 4.04. The van der Waals surface area contributed by atoms with Crippen LogP contribution < -0.4 is 10.2 Å². The minimum absolute atomic E-state index is 0.111. The molecular weight excluding hydrogens is 394 g/mol. The largest absolute Gasteiger partial charge is 0.451 e. The van der Waals surface area contributed by atoms with Gasteiger partial charge in [0.15, 0.2) is 5.76 Å². The summed E-state index contributed by atoms with van der Waals surface area (Å²) in [5, 5.41) is 14.0. The van der Waals surface area contributed by atoms with E-state index in [0.29, 0.717) is 17.9 Å². The highest BCUT2D eigenvalue weighted by Gasteiger charge is 2.21. The summed E-state index contributed by atoms with van der Waals surface area (Å²) in [6.45, 7) is 0.706. The number of non-ortho nitro benzene ring substituents is 1. The van der Waals surface area contributed by atoms with Gasteiger partial charge in [0.1, 0.15) is 18.3 Å². The number of hydrogen-bond acceptors (Lipinski definition) is 4. The van der Waals surface area contributed by atoms with Crippen molar-refractivity contribution < 1.29 is 19.0 Å². The standard InChI is InChI=1S/C21H20ClN3O4/c1-24(2)13-18(14-6-4-3-5-7-14)23-21(26)20-11-10-19(29-20)16-9-8-15(25(27)28)12-17(16)22/h3-12,18H,13H2,1-2H3,(H,23,26)/p+1/t18-/m1/s1. The van der Waals surface area contributed by atoms with Gasteiger partial charge in [-0.15, -0.1) is 0 Å². The molecule has 2 aromatic carbocycles. The number of nitrogens with one attached hydrogen (secondary N) is 2. The lowest BCUT2D eigenvalue weighted by atomic mass is 10.1. The van der Waals surface area contributed by atoms with E-state index in [0.717, 1.165) is 5.56 Å². The van der Waals surface area contributed by atoms with E-state index in [4.69, 9.17) is 16.0 Å². The highest BCUT2D eigenvalue weighted by atomic mass is 35.5. The second-order valence-electron chi connectivity index (χ2n) is 6.93. The number of amides is 1. The van der Waals surface area contributed by atoms with Crippen LogP contribution in [0.3, 0.4) is 0 Å². The predicted octanol–water partition coefficient (Wildman–Crippen LogP) is 3.12. The van der Waals surface area contributed by atoms with E-state index in [-0.39, 0.29) is 28.4 Å². The first-order valence-corrected chi connectivity index (χ1v) is 9.42. The second kappa shape index (κ2) is 8.89. The summed E-state index contributed by atoms with van der Waals surface area (Å²) in [5.74, 6) is 0.165. The first kappa shape index (κ1) is 20.6. The zero-order chi connectivity index (χ0) is 21.0. The minimum atomic E-state index is -0.521. The summed E-state index contributed by atoms with van der Waals surface area (Å²) in [4.78, 5) is 24.3. The number of rotatable bonds is 7. The molecule has 7 nitrogen and oxygen atoms in total.